The fraction of sp³-hybridized carbons (Fsp3) is 1.00. The summed E-state index contributed by atoms with van der Waals surface area (Å²) in [5.41, 5.74) is 0. The first-order chi connectivity index (χ1) is 4.18. The molecule has 0 rings (SSSR count). The fourth-order valence-corrected chi connectivity index (χ4v) is 0.446. The van der Waals surface area contributed by atoms with Crippen LogP contribution in [0.15, 0.2) is 0 Å². The van der Waals surface area contributed by atoms with Gasteiger partial charge >= 0.3 is 0 Å². The van der Waals surface area contributed by atoms with Crippen LogP contribution in [0.1, 0.15) is 0 Å². The zero-order valence-corrected chi connectivity index (χ0v) is 6.51. The van der Waals surface area contributed by atoms with Crippen LogP contribution in [-0.2, 0) is 14.5 Å². The Hall–Kier alpha value is 0.130. The van der Waals surface area contributed by atoms with Gasteiger partial charge in [0.05, 0.1) is 4.97 Å². The Morgan fingerprint density at radius 3 is 1.89 bits per heavy atom. The molecular weight excluding hydrogens is 146 g/mol. The second kappa shape index (κ2) is 4.03. The first-order valence-electron chi connectivity index (χ1n) is 2.37. The van der Waals surface area contributed by atoms with E-state index in [2.05, 4.69) is 0 Å². The van der Waals surface area contributed by atoms with Gasteiger partial charge in [-0.3, -0.25) is 0 Å². The molecule has 0 heterocycles. The maximum Gasteiger partial charge on any atom is 0.188 e. The van der Waals surface area contributed by atoms with E-state index in [1.807, 2.05) is 0 Å². The first-order valence-corrected chi connectivity index (χ1v) is 2.90. The number of hydroxylamine groups is 3. The molecule has 0 amide bonds. The molecule has 0 aliphatic rings. The summed E-state index contributed by atoms with van der Waals surface area (Å²) in [6.07, 6.45) is 0. The summed E-state index contributed by atoms with van der Waals surface area (Å²) in [4.78, 5) is 13.9. The van der Waals surface area contributed by atoms with E-state index in [0.717, 1.165) is 0 Å². The van der Waals surface area contributed by atoms with Crippen LogP contribution in [-0.4, -0.2) is 32.3 Å². The van der Waals surface area contributed by atoms with Gasteiger partial charge in [0.2, 0.25) is 0 Å². The Kier molecular flexibility index (Phi) is 4.09. The largest absolute Gasteiger partial charge is 0.188 e. The smallest absolute Gasteiger partial charge is 0.135 e. The van der Waals surface area contributed by atoms with Crippen molar-refractivity contribution in [3.05, 3.63) is 0 Å². The molecule has 0 aromatic carbocycles. The lowest BCUT2D eigenvalue weighted by atomic mass is 11.4. The number of halogens is 1. The lowest BCUT2D eigenvalue weighted by Crippen LogP contribution is -2.41. The zero-order valence-electron chi connectivity index (χ0n) is 5.76. The highest BCUT2D eigenvalue weighted by Gasteiger charge is 2.23. The molecule has 0 aromatic heterocycles. The minimum absolute atomic E-state index is 0.0260. The molecule has 5 heteroatoms. The topological polar surface area (TPSA) is 27.7 Å². The lowest BCUT2D eigenvalue weighted by molar-refractivity contribution is -1.35. The van der Waals surface area contributed by atoms with Gasteiger partial charge in [-0.15, -0.1) is 14.5 Å². The molecule has 0 aromatic rings. The van der Waals surface area contributed by atoms with E-state index in [9.17, 15) is 0 Å². The number of hydrogen-bond acceptors (Lipinski definition) is 3. The monoisotopic (exact) mass is 156 g/mol. The molecule has 0 unspecified atom stereocenters. The molecule has 56 valence electrons. The van der Waals surface area contributed by atoms with Gasteiger partial charge in [-0.05, 0) is 0 Å². The highest BCUT2D eigenvalue weighted by atomic mass is 35.5. The summed E-state index contributed by atoms with van der Waals surface area (Å²) in [7, 11) is 4.48. The van der Waals surface area contributed by atoms with Crippen molar-refractivity contribution in [2.75, 3.05) is 27.3 Å². The van der Waals surface area contributed by atoms with Crippen molar-refractivity contribution in [3.8, 4) is 0 Å². The number of alkyl halides is 1. The summed E-state index contributed by atoms with van der Waals surface area (Å²) in [5, 5.41) is 0. The van der Waals surface area contributed by atoms with Gasteiger partial charge in [0.25, 0.3) is 0 Å². The Morgan fingerprint density at radius 1 is 1.33 bits per heavy atom. The van der Waals surface area contributed by atoms with Crippen LogP contribution in [0.5, 0.6) is 0 Å². The summed E-state index contributed by atoms with van der Waals surface area (Å²) >= 11 is 5.25. The van der Waals surface area contributed by atoms with Gasteiger partial charge in [0.1, 0.15) is 14.2 Å². The number of quaternary nitrogens is 1. The minimum Gasteiger partial charge on any atom is -0.135 e. The van der Waals surface area contributed by atoms with E-state index < -0.39 is 4.97 Å². The molecule has 0 saturated heterocycles. The molecule has 0 aliphatic carbocycles. The van der Waals surface area contributed by atoms with Gasteiger partial charge < -0.3 is 0 Å². The van der Waals surface area contributed by atoms with E-state index in [0.29, 0.717) is 0 Å². The Bertz CT molecular complexity index is 76.2. The molecule has 0 radical (unpaired) electrons. The minimum atomic E-state index is -0.399. The van der Waals surface area contributed by atoms with Crippen LogP contribution in [0.4, 0.5) is 0 Å². The zero-order chi connectivity index (χ0) is 7.33. The van der Waals surface area contributed by atoms with Crippen LogP contribution in [0, 0.1) is 0 Å². The molecule has 0 bridgehead atoms. The van der Waals surface area contributed by atoms with Crippen LogP contribution in [0.3, 0.4) is 0 Å². The van der Waals surface area contributed by atoms with Crippen molar-refractivity contribution in [1.29, 1.82) is 0 Å². The molecule has 4 nitrogen and oxygen atoms in total. The van der Waals surface area contributed by atoms with Gasteiger partial charge in [-0.25, -0.2) is 0 Å². The van der Waals surface area contributed by atoms with E-state index >= 15 is 0 Å². The lowest BCUT2D eigenvalue weighted by Gasteiger charge is -2.20. The molecule has 0 N–H and O–H groups in total. The molecule has 0 spiro atoms. The van der Waals surface area contributed by atoms with Crippen LogP contribution in [0.2, 0.25) is 0 Å². The van der Waals surface area contributed by atoms with Crippen molar-refractivity contribution in [1.82, 2.24) is 0 Å². The molecule has 0 atom stereocenters. The first kappa shape index (κ1) is 9.13. The molecular formula is C4H11ClNO3+. The van der Waals surface area contributed by atoms with Crippen LogP contribution >= 0.6 is 11.6 Å². The quantitative estimate of drug-likeness (QED) is 0.341. The van der Waals surface area contributed by atoms with E-state index in [1.165, 1.54) is 14.2 Å². The normalized spacial score (nSPS) is 12.0. The van der Waals surface area contributed by atoms with E-state index in [4.69, 9.17) is 26.1 Å². The molecule has 0 fully saturated rings. The summed E-state index contributed by atoms with van der Waals surface area (Å²) in [5.74, 6) is 0. The predicted molar refractivity (Wildman–Crippen MR) is 32.0 cm³/mol. The standard InChI is InChI=1S/C4H11ClNO3/c1-6(7-2,8-3)9-4-5/h4H2,1-3H3/q+1. The Balaban J connectivity index is 3.62. The fourth-order valence-electron chi connectivity index (χ4n) is 0.269. The predicted octanol–water partition coefficient (Wildman–Crippen LogP) is 0.684. The third-order valence-corrected chi connectivity index (χ3v) is 1.04. The highest BCUT2D eigenvalue weighted by molar-refractivity contribution is 6.16. The molecule has 0 saturated carbocycles. The highest BCUT2D eigenvalue weighted by Crippen LogP contribution is 2.03. The van der Waals surface area contributed by atoms with Gasteiger partial charge in [-0.1, -0.05) is 11.6 Å². The third-order valence-electron chi connectivity index (χ3n) is 0.947. The maximum atomic E-state index is 5.25. The van der Waals surface area contributed by atoms with E-state index in [1.54, 1.807) is 7.05 Å². The summed E-state index contributed by atoms with van der Waals surface area (Å²) < 4.78 is 0. The third kappa shape index (κ3) is 2.98. The number of hydrogen-bond donors (Lipinski definition) is 0. The van der Waals surface area contributed by atoms with Gasteiger partial charge in [0, 0.05) is 0 Å². The average molecular weight is 157 g/mol. The van der Waals surface area contributed by atoms with Crippen LogP contribution < -0.4 is 0 Å². The SMILES string of the molecule is CO[N+](C)(OC)OCCl. The van der Waals surface area contributed by atoms with Crippen molar-refractivity contribution >= 4 is 11.6 Å². The van der Waals surface area contributed by atoms with Crippen LogP contribution in [0.25, 0.3) is 0 Å². The summed E-state index contributed by atoms with van der Waals surface area (Å²) in [6.45, 7) is 0. The second-order valence-corrected chi connectivity index (χ2v) is 1.59. The second-order valence-electron chi connectivity index (χ2n) is 1.37. The van der Waals surface area contributed by atoms with E-state index in [-0.39, 0.29) is 6.07 Å². The maximum absolute atomic E-state index is 5.25. The number of rotatable bonds is 4. The average Bonchev–Trinajstić information content (AvgIpc) is 1.89. The van der Waals surface area contributed by atoms with Crippen molar-refractivity contribution in [2.24, 2.45) is 0 Å². The van der Waals surface area contributed by atoms with Crippen molar-refractivity contribution in [2.45, 2.75) is 0 Å². The molecule has 0 aliphatic heterocycles. The molecule has 9 heavy (non-hydrogen) atoms. The van der Waals surface area contributed by atoms with Crippen molar-refractivity contribution in [3.63, 3.8) is 0 Å². The summed E-state index contributed by atoms with van der Waals surface area (Å²) in [6, 6.07) is 0.0260. The van der Waals surface area contributed by atoms with Gasteiger partial charge in [0.15, 0.2) is 13.1 Å². The van der Waals surface area contributed by atoms with Gasteiger partial charge in [-0.2, -0.15) is 0 Å². The van der Waals surface area contributed by atoms with Crippen molar-refractivity contribution < 1.29 is 19.5 Å². The number of nitrogens with zero attached hydrogens (tertiary/aromatic N) is 1. The Labute approximate surface area is 59.3 Å². The Morgan fingerprint density at radius 2 is 1.78 bits per heavy atom.